The van der Waals surface area contributed by atoms with Crippen molar-refractivity contribution < 1.29 is 50.6 Å². The monoisotopic (exact) mass is 760 g/mol. The van der Waals surface area contributed by atoms with Crippen LogP contribution >= 0.6 is 0 Å². The molecule has 2 saturated heterocycles. The number of rotatable bonds is 10. The third-order valence-electron chi connectivity index (χ3n) is 12.0. The van der Waals surface area contributed by atoms with E-state index >= 15 is 0 Å². The molecule has 3 heterocycles. The molecule has 2 aliphatic heterocycles. The Labute approximate surface area is 308 Å². The summed E-state index contributed by atoms with van der Waals surface area (Å²) in [6.07, 6.45) is -1.61. The molecule has 4 aliphatic rings. The lowest BCUT2D eigenvalue weighted by Crippen LogP contribution is -2.63. The molecule has 7 rings (SSSR count). The quantitative estimate of drug-likeness (QED) is 0.219. The molecule has 1 spiro atoms. The van der Waals surface area contributed by atoms with Gasteiger partial charge in [0.1, 0.15) is 5.82 Å². The Balaban J connectivity index is 1.06. The molecule has 290 valence electrons. The smallest absolute Gasteiger partial charge is 0.416 e. The highest BCUT2D eigenvalue weighted by Gasteiger charge is 2.60. The number of carboxylic acid groups (broad SMARTS) is 1. The van der Waals surface area contributed by atoms with Gasteiger partial charge in [0.2, 0.25) is 11.8 Å². The highest BCUT2D eigenvalue weighted by molar-refractivity contribution is 5.94. The molecule has 0 unspecified atom stereocenters. The van der Waals surface area contributed by atoms with E-state index < -0.39 is 40.8 Å². The van der Waals surface area contributed by atoms with Gasteiger partial charge in [0, 0.05) is 62.5 Å². The van der Waals surface area contributed by atoms with Crippen molar-refractivity contribution in [3.05, 3.63) is 88.0 Å². The Morgan fingerprint density at radius 1 is 1.00 bits per heavy atom. The predicted molar refractivity (Wildman–Crippen MR) is 182 cm³/mol. The summed E-state index contributed by atoms with van der Waals surface area (Å²) in [5, 5.41) is 14.3. The summed E-state index contributed by atoms with van der Waals surface area (Å²) in [6, 6.07) is 7.42. The molecule has 2 amide bonds. The van der Waals surface area contributed by atoms with E-state index in [4.69, 9.17) is 4.74 Å². The summed E-state index contributed by atoms with van der Waals surface area (Å²) in [5.74, 6) is -5.88. The van der Waals surface area contributed by atoms with Gasteiger partial charge in [0.15, 0.2) is 0 Å². The van der Waals surface area contributed by atoms with Gasteiger partial charge in [-0.3, -0.25) is 14.3 Å². The summed E-state index contributed by atoms with van der Waals surface area (Å²) in [7, 11) is 0. The maximum Gasteiger partial charge on any atom is 0.416 e. The normalized spacial score (nSPS) is 23.0. The first kappa shape index (κ1) is 37.9. The van der Waals surface area contributed by atoms with Gasteiger partial charge < -0.3 is 19.6 Å². The number of ether oxygens (including phenoxy) is 1. The van der Waals surface area contributed by atoms with Crippen molar-refractivity contribution in [3.8, 4) is 0 Å². The van der Waals surface area contributed by atoms with Crippen LogP contribution in [0, 0.1) is 28.5 Å². The van der Waals surface area contributed by atoms with Crippen LogP contribution in [0.5, 0.6) is 0 Å². The van der Waals surface area contributed by atoms with E-state index in [2.05, 4.69) is 5.10 Å². The van der Waals surface area contributed by atoms with Gasteiger partial charge in [-0.05, 0) is 59.4 Å². The summed E-state index contributed by atoms with van der Waals surface area (Å²) < 4.78 is 89.6. The van der Waals surface area contributed by atoms with Crippen LogP contribution in [-0.2, 0) is 28.9 Å². The zero-order valence-electron chi connectivity index (χ0n) is 30.0. The second kappa shape index (κ2) is 13.7. The molecular weight excluding hydrogens is 718 g/mol. The van der Waals surface area contributed by atoms with Crippen LogP contribution in [0.1, 0.15) is 94.8 Å². The second-order valence-corrected chi connectivity index (χ2v) is 16.2. The molecule has 2 saturated carbocycles. The fraction of sp³-hybridized carbons (Fsp3) is 0.538. The average molecular weight is 761 g/mol. The van der Waals surface area contributed by atoms with Gasteiger partial charge in [0.25, 0.3) is 5.91 Å². The predicted octanol–water partition coefficient (Wildman–Crippen LogP) is 7.24. The van der Waals surface area contributed by atoms with Gasteiger partial charge in [-0.25, -0.2) is 18.0 Å². The number of carbonyl (C=O) groups excluding carboxylic acids is 2. The summed E-state index contributed by atoms with van der Waals surface area (Å²) in [6.45, 7) is 5.18. The van der Waals surface area contributed by atoms with Crippen molar-refractivity contribution in [2.75, 3.05) is 32.8 Å². The highest BCUT2D eigenvalue weighted by atomic mass is 19.4. The summed E-state index contributed by atoms with van der Waals surface area (Å²) in [5.41, 5.74) is -0.770. The molecule has 1 aromatic heterocycles. The molecule has 2 aliphatic carbocycles. The summed E-state index contributed by atoms with van der Waals surface area (Å²) in [4.78, 5) is 43.0. The molecular formula is C39H42F6N4O5. The van der Waals surface area contributed by atoms with Crippen molar-refractivity contribution in [2.24, 2.45) is 22.7 Å². The molecule has 54 heavy (non-hydrogen) atoms. The van der Waals surface area contributed by atoms with Crippen LogP contribution in [0.25, 0.3) is 0 Å². The molecule has 9 nitrogen and oxygen atoms in total. The van der Waals surface area contributed by atoms with Crippen molar-refractivity contribution in [1.29, 1.82) is 0 Å². The fourth-order valence-electron chi connectivity index (χ4n) is 8.63. The minimum Gasteiger partial charge on any atom is -0.478 e. The molecule has 4 fully saturated rings. The molecule has 15 heteroatoms. The second-order valence-electron chi connectivity index (χ2n) is 16.2. The lowest BCUT2D eigenvalue weighted by molar-refractivity contribution is -0.148. The number of aromatic carboxylic acids is 1. The Morgan fingerprint density at radius 3 is 2.33 bits per heavy atom. The number of carbonyl (C=O) groups is 3. The number of alkyl halides is 5. The third-order valence-corrected chi connectivity index (χ3v) is 12.0. The maximum atomic E-state index is 13.9. The standard InChI is InChI=1S/C39H42F6N4O5/c1-36(2)13-31(36)34(51)48-21-37(22-48)20-47(33(50)26-14-46-49(16-26)15-24-6-7-28(40)12-30(24)39(43,44)45)17-27(37)19-54-18-25-4-3-5-29(32(25)35(52)53)23-8-10-38(41,42)11-9-23/h3-7,12,14,16,23,27,31H,8-11,13,15,17-22H2,1-2H3,(H,52,53)/t27-,31+/m0/s1. The van der Waals surface area contributed by atoms with Crippen molar-refractivity contribution in [2.45, 2.75) is 77.1 Å². The van der Waals surface area contributed by atoms with Crippen LogP contribution in [0.4, 0.5) is 26.3 Å². The summed E-state index contributed by atoms with van der Waals surface area (Å²) >= 11 is 0. The van der Waals surface area contributed by atoms with Gasteiger partial charge in [-0.1, -0.05) is 38.1 Å². The number of amides is 2. The Morgan fingerprint density at radius 2 is 1.69 bits per heavy atom. The molecule has 0 radical (unpaired) electrons. The van der Waals surface area contributed by atoms with Gasteiger partial charge in [0.05, 0.1) is 42.6 Å². The Kier molecular flexibility index (Phi) is 9.63. The number of hydrogen-bond acceptors (Lipinski definition) is 5. The van der Waals surface area contributed by atoms with Crippen LogP contribution in [-0.4, -0.2) is 81.2 Å². The number of hydrogen-bond donors (Lipinski definition) is 1. The van der Waals surface area contributed by atoms with E-state index in [0.29, 0.717) is 36.8 Å². The number of nitrogens with zero attached hydrogens (tertiary/aromatic N) is 4. The van der Waals surface area contributed by atoms with Crippen LogP contribution < -0.4 is 0 Å². The number of benzene rings is 2. The number of halogens is 6. The topological polar surface area (TPSA) is 105 Å². The van der Waals surface area contributed by atoms with Gasteiger partial charge in [-0.15, -0.1) is 0 Å². The number of likely N-dealkylation sites (tertiary alicyclic amines) is 2. The minimum absolute atomic E-state index is 0.0538. The SMILES string of the molecule is CC1(C)C[C@@H]1C(=O)N1CC2(CN(C(=O)c3cnn(Cc4ccc(F)cc4C(F)(F)F)c3)C[C@H]2COCc2cccc(C3CCC(F)(F)CC3)c2C(=O)O)C1. The zero-order valence-corrected chi connectivity index (χ0v) is 30.0. The van der Waals surface area contributed by atoms with E-state index in [1.165, 1.54) is 17.1 Å². The molecule has 2 atom stereocenters. The van der Waals surface area contributed by atoms with E-state index in [1.54, 1.807) is 28.0 Å². The zero-order chi connectivity index (χ0) is 38.8. The first-order valence-corrected chi connectivity index (χ1v) is 18.1. The lowest BCUT2D eigenvalue weighted by atomic mass is 9.71. The third kappa shape index (κ3) is 7.47. The van der Waals surface area contributed by atoms with Gasteiger partial charge in [-0.2, -0.15) is 18.3 Å². The molecule has 2 aromatic carbocycles. The van der Waals surface area contributed by atoms with Crippen molar-refractivity contribution in [3.63, 3.8) is 0 Å². The molecule has 3 aromatic rings. The maximum absolute atomic E-state index is 13.9. The van der Waals surface area contributed by atoms with E-state index in [-0.39, 0.29) is 97.8 Å². The number of aromatic nitrogens is 2. The first-order chi connectivity index (χ1) is 25.4. The van der Waals surface area contributed by atoms with E-state index in [9.17, 15) is 45.8 Å². The van der Waals surface area contributed by atoms with Crippen molar-refractivity contribution >= 4 is 17.8 Å². The molecule has 1 N–H and O–H groups in total. The highest BCUT2D eigenvalue weighted by Crippen LogP contribution is 2.55. The first-order valence-electron chi connectivity index (χ1n) is 18.1. The molecule has 0 bridgehead atoms. The van der Waals surface area contributed by atoms with E-state index in [0.717, 1.165) is 18.6 Å². The van der Waals surface area contributed by atoms with Crippen LogP contribution in [0.2, 0.25) is 0 Å². The average Bonchev–Trinajstić information content (AvgIpc) is 3.37. The fourth-order valence-corrected chi connectivity index (χ4v) is 8.63. The van der Waals surface area contributed by atoms with Crippen LogP contribution in [0.3, 0.4) is 0 Å². The largest absolute Gasteiger partial charge is 0.478 e. The Hall–Kier alpha value is -4.40. The Bertz CT molecular complexity index is 1940. The number of carboxylic acids is 1. The minimum atomic E-state index is -4.79. The van der Waals surface area contributed by atoms with Crippen molar-refractivity contribution in [1.82, 2.24) is 19.6 Å². The van der Waals surface area contributed by atoms with Gasteiger partial charge >= 0.3 is 12.1 Å². The van der Waals surface area contributed by atoms with E-state index in [1.807, 2.05) is 13.8 Å². The van der Waals surface area contributed by atoms with Crippen LogP contribution in [0.15, 0.2) is 48.8 Å². The lowest BCUT2D eigenvalue weighted by Gasteiger charge is -2.51.